The maximum atomic E-state index is 12.5. The lowest BCUT2D eigenvalue weighted by Crippen LogP contribution is -2.46. The standard InChI is InChI=1S/C21H23N3O6/c1-12(16-9-13-5-3-4-6-15(13)30-16)22-17(25)11-29-18(26)10-24-19(27)21(2,14-7-8-14)23-20(24)28/h3-6,9,12,14H,7-8,10-11H2,1-2H3,(H,22,25)(H,23,28)/t12-,21-/m1/s1. The second kappa shape index (κ2) is 7.47. The topological polar surface area (TPSA) is 118 Å². The fraction of sp³-hybridized carbons (Fsp3) is 0.429. The Labute approximate surface area is 172 Å². The average Bonchev–Trinajstić information content (AvgIpc) is 3.44. The monoisotopic (exact) mass is 413 g/mol. The molecule has 30 heavy (non-hydrogen) atoms. The quantitative estimate of drug-likeness (QED) is 0.529. The number of hydrogen-bond acceptors (Lipinski definition) is 6. The van der Waals surface area contributed by atoms with Gasteiger partial charge in [0, 0.05) is 5.39 Å². The minimum absolute atomic E-state index is 0.0977. The van der Waals surface area contributed by atoms with Gasteiger partial charge in [-0.25, -0.2) is 4.79 Å². The van der Waals surface area contributed by atoms with Crippen LogP contribution in [0.15, 0.2) is 34.7 Å². The van der Waals surface area contributed by atoms with E-state index in [0.29, 0.717) is 11.3 Å². The van der Waals surface area contributed by atoms with Crippen LogP contribution in [-0.2, 0) is 19.1 Å². The fourth-order valence-electron chi connectivity index (χ4n) is 3.69. The van der Waals surface area contributed by atoms with Gasteiger partial charge < -0.3 is 19.8 Å². The molecule has 2 atom stereocenters. The molecule has 9 nitrogen and oxygen atoms in total. The van der Waals surface area contributed by atoms with Crippen molar-refractivity contribution in [1.29, 1.82) is 0 Å². The lowest BCUT2D eigenvalue weighted by Gasteiger charge is -2.20. The van der Waals surface area contributed by atoms with Crippen molar-refractivity contribution >= 4 is 34.8 Å². The molecule has 4 rings (SSSR count). The van der Waals surface area contributed by atoms with Crippen LogP contribution in [-0.4, -0.2) is 47.4 Å². The summed E-state index contributed by atoms with van der Waals surface area (Å²) < 4.78 is 10.6. The number of para-hydroxylation sites is 1. The van der Waals surface area contributed by atoms with E-state index in [9.17, 15) is 19.2 Å². The first-order chi connectivity index (χ1) is 14.3. The smallest absolute Gasteiger partial charge is 0.326 e. The number of carbonyl (C=O) groups is 4. The number of benzene rings is 1. The van der Waals surface area contributed by atoms with Gasteiger partial charge in [-0.3, -0.25) is 19.3 Å². The van der Waals surface area contributed by atoms with E-state index in [1.54, 1.807) is 13.8 Å². The van der Waals surface area contributed by atoms with Crippen LogP contribution in [0.3, 0.4) is 0 Å². The highest BCUT2D eigenvalue weighted by Gasteiger charge is 2.56. The summed E-state index contributed by atoms with van der Waals surface area (Å²) in [6, 6.07) is 8.28. The molecular weight excluding hydrogens is 390 g/mol. The largest absolute Gasteiger partial charge is 0.459 e. The number of amides is 4. The number of hydrogen-bond donors (Lipinski definition) is 2. The van der Waals surface area contributed by atoms with Crippen molar-refractivity contribution in [1.82, 2.24) is 15.5 Å². The molecule has 1 aromatic heterocycles. The molecule has 0 bridgehead atoms. The Balaban J connectivity index is 1.27. The van der Waals surface area contributed by atoms with E-state index in [1.165, 1.54) is 0 Å². The summed E-state index contributed by atoms with van der Waals surface area (Å²) in [6.45, 7) is 2.37. The molecule has 2 aliphatic rings. The summed E-state index contributed by atoms with van der Waals surface area (Å²) in [6.07, 6.45) is 1.73. The summed E-state index contributed by atoms with van der Waals surface area (Å²) in [7, 11) is 0. The normalized spacial score (nSPS) is 22.1. The number of rotatable bonds is 7. The van der Waals surface area contributed by atoms with Crippen LogP contribution in [0.4, 0.5) is 4.79 Å². The van der Waals surface area contributed by atoms with Gasteiger partial charge in [0.1, 0.15) is 23.4 Å². The molecule has 1 aliphatic carbocycles. The minimum Gasteiger partial charge on any atom is -0.459 e. The molecule has 0 unspecified atom stereocenters. The van der Waals surface area contributed by atoms with Gasteiger partial charge in [-0.15, -0.1) is 0 Å². The Hall–Kier alpha value is -3.36. The SMILES string of the molecule is C[C@@H](NC(=O)COC(=O)CN1C(=O)N[C@](C)(C2CC2)C1=O)c1cc2ccccc2o1. The van der Waals surface area contributed by atoms with E-state index in [4.69, 9.17) is 9.15 Å². The number of urea groups is 1. The summed E-state index contributed by atoms with van der Waals surface area (Å²) in [5.41, 5.74) is -0.247. The maximum Gasteiger partial charge on any atom is 0.326 e. The summed E-state index contributed by atoms with van der Waals surface area (Å²) in [5.74, 6) is -1.11. The lowest BCUT2D eigenvalue weighted by molar-refractivity contribution is -0.151. The zero-order chi connectivity index (χ0) is 21.5. The molecule has 1 saturated carbocycles. The number of furan rings is 1. The fourth-order valence-corrected chi connectivity index (χ4v) is 3.69. The molecule has 0 radical (unpaired) electrons. The van der Waals surface area contributed by atoms with E-state index in [2.05, 4.69) is 10.6 Å². The summed E-state index contributed by atoms with van der Waals surface area (Å²) >= 11 is 0. The van der Waals surface area contributed by atoms with Crippen molar-refractivity contribution in [2.24, 2.45) is 5.92 Å². The van der Waals surface area contributed by atoms with Crippen molar-refractivity contribution in [2.45, 2.75) is 38.3 Å². The Morgan fingerprint density at radius 2 is 2.07 bits per heavy atom. The molecule has 158 valence electrons. The van der Waals surface area contributed by atoms with E-state index in [1.807, 2.05) is 30.3 Å². The van der Waals surface area contributed by atoms with Gasteiger partial charge in [0.15, 0.2) is 6.61 Å². The molecule has 0 spiro atoms. The third kappa shape index (κ3) is 3.74. The lowest BCUT2D eigenvalue weighted by atomic mass is 9.96. The van der Waals surface area contributed by atoms with Gasteiger partial charge in [0.05, 0.1) is 6.04 Å². The third-order valence-electron chi connectivity index (χ3n) is 5.60. The van der Waals surface area contributed by atoms with E-state index < -0.39 is 48.5 Å². The van der Waals surface area contributed by atoms with Crippen LogP contribution in [0, 0.1) is 5.92 Å². The predicted octanol–water partition coefficient (Wildman–Crippen LogP) is 1.87. The number of carbonyl (C=O) groups excluding carboxylic acids is 4. The molecule has 9 heteroatoms. The van der Waals surface area contributed by atoms with E-state index in [-0.39, 0.29) is 5.92 Å². The molecule has 1 aliphatic heterocycles. The highest BCUT2D eigenvalue weighted by Crippen LogP contribution is 2.42. The van der Waals surface area contributed by atoms with Crippen molar-refractivity contribution < 1.29 is 28.3 Å². The van der Waals surface area contributed by atoms with Gasteiger partial charge >= 0.3 is 12.0 Å². The molecule has 2 fully saturated rings. The second-order valence-electron chi connectivity index (χ2n) is 7.93. The molecule has 2 heterocycles. The average molecular weight is 413 g/mol. The molecular formula is C21H23N3O6. The van der Waals surface area contributed by atoms with Crippen LogP contribution >= 0.6 is 0 Å². The maximum absolute atomic E-state index is 12.5. The van der Waals surface area contributed by atoms with Crippen molar-refractivity contribution in [3.8, 4) is 0 Å². The minimum atomic E-state index is -0.962. The number of esters is 1. The van der Waals surface area contributed by atoms with Gasteiger partial charge in [-0.1, -0.05) is 18.2 Å². The highest BCUT2D eigenvalue weighted by molar-refractivity contribution is 6.08. The molecule has 4 amide bonds. The Morgan fingerprint density at radius 3 is 2.77 bits per heavy atom. The Kier molecular flexibility index (Phi) is 4.97. The summed E-state index contributed by atoms with van der Waals surface area (Å²) in [4.78, 5) is 49.6. The van der Waals surface area contributed by atoms with Gasteiger partial charge in [-0.2, -0.15) is 0 Å². The Morgan fingerprint density at radius 1 is 1.33 bits per heavy atom. The van der Waals surface area contributed by atoms with Crippen molar-refractivity contribution in [3.05, 3.63) is 36.1 Å². The second-order valence-corrected chi connectivity index (χ2v) is 7.93. The number of imide groups is 1. The van der Waals surface area contributed by atoms with E-state index in [0.717, 1.165) is 23.1 Å². The van der Waals surface area contributed by atoms with E-state index >= 15 is 0 Å². The zero-order valence-corrected chi connectivity index (χ0v) is 16.8. The van der Waals surface area contributed by atoms with Crippen LogP contribution in [0.1, 0.15) is 38.5 Å². The highest BCUT2D eigenvalue weighted by atomic mass is 16.5. The van der Waals surface area contributed by atoms with Crippen LogP contribution < -0.4 is 10.6 Å². The third-order valence-corrected chi connectivity index (χ3v) is 5.60. The van der Waals surface area contributed by atoms with Crippen molar-refractivity contribution in [2.75, 3.05) is 13.2 Å². The zero-order valence-electron chi connectivity index (χ0n) is 16.8. The number of nitrogens with one attached hydrogen (secondary N) is 2. The van der Waals surface area contributed by atoms with Crippen molar-refractivity contribution in [3.63, 3.8) is 0 Å². The first-order valence-corrected chi connectivity index (χ1v) is 9.85. The van der Waals surface area contributed by atoms with Crippen LogP contribution in [0.25, 0.3) is 11.0 Å². The molecule has 1 aromatic carbocycles. The van der Waals surface area contributed by atoms with Gasteiger partial charge in [0.25, 0.3) is 11.8 Å². The van der Waals surface area contributed by atoms with Crippen LogP contribution in [0.2, 0.25) is 0 Å². The number of ether oxygens (including phenoxy) is 1. The summed E-state index contributed by atoms with van der Waals surface area (Å²) in [5, 5.41) is 6.27. The van der Waals surface area contributed by atoms with Gasteiger partial charge in [0.2, 0.25) is 0 Å². The molecule has 2 aromatic rings. The Bertz CT molecular complexity index is 994. The van der Waals surface area contributed by atoms with Gasteiger partial charge in [-0.05, 0) is 44.7 Å². The predicted molar refractivity (Wildman–Crippen MR) is 105 cm³/mol. The number of nitrogens with zero attached hydrogens (tertiary/aromatic N) is 1. The first kappa shape index (κ1) is 19.9. The first-order valence-electron chi connectivity index (χ1n) is 9.85. The number of fused-ring (bicyclic) bond motifs is 1. The molecule has 2 N–H and O–H groups in total. The molecule has 1 saturated heterocycles. The van der Waals surface area contributed by atoms with Crippen LogP contribution in [0.5, 0.6) is 0 Å².